The van der Waals surface area contributed by atoms with Gasteiger partial charge in [-0.3, -0.25) is 10.1 Å². The van der Waals surface area contributed by atoms with Crippen LogP contribution in [0.4, 0.5) is 5.69 Å². The standard InChI is InChI=1S/C11H14NO5/c1-8-4-5-9(12(13)14)10(6-8)17-7-11(15-2)16-3/h4-6,11H,1,7H2,2-3H3. The molecule has 1 aromatic rings. The van der Waals surface area contributed by atoms with Crippen molar-refractivity contribution in [2.45, 2.75) is 6.29 Å². The van der Waals surface area contributed by atoms with E-state index in [0.717, 1.165) is 0 Å². The molecule has 0 saturated heterocycles. The fourth-order valence-electron chi connectivity index (χ4n) is 1.22. The molecule has 0 atom stereocenters. The van der Waals surface area contributed by atoms with Crippen LogP contribution in [0.15, 0.2) is 18.2 Å². The quantitative estimate of drug-likeness (QED) is 0.430. The molecule has 0 aliphatic heterocycles. The molecule has 1 rings (SSSR count). The Hall–Kier alpha value is -1.66. The molecule has 6 heteroatoms. The molecule has 0 amide bonds. The zero-order valence-corrected chi connectivity index (χ0v) is 9.71. The number of nitrogens with zero attached hydrogens (tertiary/aromatic N) is 1. The third-order valence-electron chi connectivity index (χ3n) is 2.12. The summed E-state index contributed by atoms with van der Waals surface area (Å²) in [5, 5.41) is 10.8. The van der Waals surface area contributed by atoms with E-state index in [9.17, 15) is 10.1 Å². The van der Waals surface area contributed by atoms with Gasteiger partial charge in [0, 0.05) is 20.3 Å². The van der Waals surface area contributed by atoms with Crippen LogP contribution < -0.4 is 4.74 Å². The number of nitro groups is 1. The Morgan fingerprint density at radius 3 is 2.59 bits per heavy atom. The SMILES string of the molecule is [CH2]c1ccc([N+](=O)[O-])c(OCC(OC)OC)c1. The molecule has 0 spiro atoms. The molecule has 0 aliphatic carbocycles. The molecule has 6 nitrogen and oxygen atoms in total. The maximum absolute atomic E-state index is 10.8. The van der Waals surface area contributed by atoms with Gasteiger partial charge >= 0.3 is 5.69 Å². The highest BCUT2D eigenvalue weighted by Gasteiger charge is 2.16. The van der Waals surface area contributed by atoms with Gasteiger partial charge in [-0.25, -0.2) is 0 Å². The molecular formula is C11H14NO5. The number of rotatable bonds is 6. The minimum atomic E-state index is -0.567. The molecule has 0 aromatic heterocycles. The van der Waals surface area contributed by atoms with E-state index in [1.165, 1.54) is 26.4 Å². The van der Waals surface area contributed by atoms with E-state index in [1.807, 2.05) is 0 Å². The summed E-state index contributed by atoms with van der Waals surface area (Å²) in [5.74, 6) is 0.154. The van der Waals surface area contributed by atoms with Crippen LogP contribution in [-0.4, -0.2) is 32.0 Å². The van der Waals surface area contributed by atoms with Gasteiger partial charge in [-0.05, 0) is 18.6 Å². The summed E-state index contributed by atoms with van der Waals surface area (Å²) >= 11 is 0. The van der Waals surface area contributed by atoms with Crippen LogP contribution in [0, 0.1) is 17.0 Å². The lowest BCUT2D eigenvalue weighted by molar-refractivity contribution is -0.386. The summed E-state index contributed by atoms with van der Waals surface area (Å²) < 4.78 is 15.1. The van der Waals surface area contributed by atoms with Crippen molar-refractivity contribution in [3.05, 3.63) is 40.8 Å². The highest BCUT2D eigenvalue weighted by Crippen LogP contribution is 2.27. The molecule has 0 aliphatic rings. The minimum Gasteiger partial charge on any atom is -0.481 e. The normalized spacial score (nSPS) is 10.6. The van der Waals surface area contributed by atoms with Gasteiger partial charge in [-0.1, -0.05) is 6.07 Å². The van der Waals surface area contributed by atoms with E-state index < -0.39 is 11.2 Å². The first-order valence-corrected chi connectivity index (χ1v) is 4.87. The first-order chi connectivity index (χ1) is 8.08. The van der Waals surface area contributed by atoms with Gasteiger partial charge in [0.1, 0.15) is 6.61 Å². The van der Waals surface area contributed by atoms with E-state index in [2.05, 4.69) is 6.92 Å². The molecule has 0 bridgehead atoms. The van der Waals surface area contributed by atoms with E-state index in [1.54, 1.807) is 6.07 Å². The zero-order valence-electron chi connectivity index (χ0n) is 9.71. The number of ether oxygens (including phenoxy) is 3. The average molecular weight is 240 g/mol. The van der Waals surface area contributed by atoms with Crippen LogP contribution in [-0.2, 0) is 9.47 Å². The molecule has 1 aromatic carbocycles. The van der Waals surface area contributed by atoms with Crippen molar-refractivity contribution < 1.29 is 19.1 Å². The zero-order chi connectivity index (χ0) is 12.8. The van der Waals surface area contributed by atoms with Crippen molar-refractivity contribution >= 4 is 5.69 Å². The van der Waals surface area contributed by atoms with Crippen molar-refractivity contribution in [1.82, 2.24) is 0 Å². The highest BCUT2D eigenvalue weighted by atomic mass is 16.7. The lowest BCUT2D eigenvalue weighted by Crippen LogP contribution is -2.22. The number of hydrogen-bond donors (Lipinski definition) is 0. The van der Waals surface area contributed by atoms with Crippen LogP contribution in [0.1, 0.15) is 5.56 Å². The van der Waals surface area contributed by atoms with Gasteiger partial charge in [-0.15, -0.1) is 0 Å². The second-order valence-electron chi connectivity index (χ2n) is 3.27. The number of nitro benzene ring substituents is 1. The lowest BCUT2D eigenvalue weighted by atomic mass is 10.2. The Morgan fingerprint density at radius 1 is 1.41 bits per heavy atom. The molecule has 93 valence electrons. The van der Waals surface area contributed by atoms with Gasteiger partial charge in [-0.2, -0.15) is 0 Å². The molecule has 0 unspecified atom stereocenters. The summed E-state index contributed by atoms with van der Waals surface area (Å²) in [6, 6.07) is 4.40. The smallest absolute Gasteiger partial charge is 0.310 e. The third kappa shape index (κ3) is 3.69. The van der Waals surface area contributed by atoms with E-state index >= 15 is 0 Å². The first-order valence-electron chi connectivity index (χ1n) is 4.87. The number of methoxy groups -OCH3 is 2. The summed E-state index contributed by atoms with van der Waals surface area (Å²) in [7, 11) is 2.92. The Labute approximate surface area is 99.2 Å². The van der Waals surface area contributed by atoms with Crippen molar-refractivity contribution in [3.8, 4) is 5.75 Å². The van der Waals surface area contributed by atoms with Crippen LogP contribution >= 0.6 is 0 Å². The summed E-state index contributed by atoms with van der Waals surface area (Å²) in [6.07, 6.45) is -0.567. The predicted molar refractivity (Wildman–Crippen MR) is 60.9 cm³/mol. The largest absolute Gasteiger partial charge is 0.481 e. The number of benzene rings is 1. The van der Waals surface area contributed by atoms with Crippen LogP contribution in [0.5, 0.6) is 5.75 Å². The van der Waals surface area contributed by atoms with Crippen molar-refractivity contribution in [1.29, 1.82) is 0 Å². The van der Waals surface area contributed by atoms with Gasteiger partial charge < -0.3 is 14.2 Å². The second kappa shape index (κ2) is 6.17. The third-order valence-corrected chi connectivity index (χ3v) is 2.12. The minimum absolute atomic E-state index is 0.0668. The maximum atomic E-state index is 10.8. The van der Waals surface area contributed by atoms with E-state index in [-0.39, 0.29) is 18.0 Å². The van der Waals surface area contributed by atoms with Crippen molar-refractivity contribution in [2.24, 2.45) is 0 Å². The first kappa shape index (κ1) is 13.4. The molecule has 17 heavy (non-hydrogen) atoms. The Bertz CT molecular complexity index is 389. The fraction of sp³-hybridized carbons (Fsp3) is 0.364. The lowest BCUT2D eigenvalue weighted by Gasteiger charge is -2.14. The molecular weight excluding hydrogens is 226 g/mol. The monoisotopic (exact) mass is 240 g/mol. The topological polar surface area (TPSA) is 70.8 Å². The molecule has 0 N–H and O–H groups in total. The fourth-order valence-corrected chi connectivity index (χ4v) is 1.22. The van der Waals surface area contributed by atoms with Gasteiger partial charge in [0.25, 0.3) is 0 Å². The summed E-state index contributed by atoms with van der Waals surface area (Å²) in [5.41, 5.74) is 0.528. The Kier molecular flexibility index (Phi) is 4.86. The molecule has 1 radical (unpaired) electrons. The van der Waals surface area contributed by atoms with Gasteiger partial charge in [0.05, 0.1) is 4.92 Å². The second-order valence-corrected chi connectivity index (χ2v) is 3.27. The number of hydrogen-bond acceptors (Lipinski definition) is 5. The molecule has 0 heterocycles. The Morgan fingerprint density at radius 2 is 2.06 bits per heavy atom. The van der Waals surface area contributed by atoms with Crippen LogP contribution in [0.3, 0.4) is 0 Å². The van der Waals surface area contributed by atoms with E-state index in [4.69, 9.17) is 14.2 Å². The Balaban J connectivity index is 2.81. The maximum Gasteiger partial charge on any atom is 0.310 e. The molecule has 0 fully saturated rings. The van der Waals surface area contributed by atoms with Crippen molar-refractivity contribution in [2.75, 3.05) is 20.8 Å². The van der Waals surface area contributed by atoms with Crippen molar-refractivity contribution in [3.63, 3.8) is 0 Å². The van der Waals surface area contributed by atoms with Crippen LogP contribution in [0.2, 0.25) is 0 Å². The summed E-state index contributed by atoms with van der Waals surface area (Å²) in [6.45, 7) is 3.75. The molecule has 0 saturated carbocycles. The van der Waals surface area contributed by atoms with Gasteiger partial charge in [0.15, 0.2) is 12.0 Å². The predicted octanol–water partition coefficient (Wildman–Crippen LogP) is 1.77. The van der Waals surface area contributed by atoms with Gasteiger partial charge in [0.2, 0.25) is 0 Å². The highest BCUT2D eigenvalue weighted by molar-refractivity contribution is 5.49. The summed E-state index contributed by atoms with van der Waals surface area (Å²) in [4.78, 5) is 10.2. The van der Waals surface area contributed by atoms with E-state index in [0.29, 0.717) is 5.56 Å². The average Bonchev–Trinajstić information content (AvgIpc) is 2.30. The van der Waals surface area contributed by atoms with Crippen LogP contribution in [0.25, 0.3) is 0 Å².